The fourth-order valence-electron chi connectivity index (χ4n) is 3.62. The van der Waals surface area contributed by atoms with Gasteiger partial charge in [0.2, 0.25) is 0 Å². The molecular formula is C11H20NO6P. The molecule has 1 aliphatic heterocycles. The van der Waals surface area contributed by atoms with Crippen LogP contribution in [-0.2, 0) is 9.36 Å². The van der Waals surface area contributed by atoms with E-state index in [-0.39, 0.29) is 30.7 Å². The Kier molecular flexibility index (Phi) is 3.79. The smallest absolute Gasteiger partial charge is 0.342 e. The average Bonchev–Trinajstić information content (AvgIpc) is 2.69. The van der Waals surface area contributed by atoms with Crippen molar-refractivity contribution in [3.8, 4) is 0 Å². The number of hydrogen-bond acceptors (Lipinski definition) is 4. The van der Waals surface area contributed by atoms with Crippen LogP contribution in [-0.4, -0.2) is 49.8 Å². The molecule has 0 spiro atoms. The molecular weight excluding hydrogens is 273 g/mol. The fourth-order valence-corrected chi connectivity index (χ4v) is 4.76. The summed E-state index contributed by atoms with van der Waals surface area (Å²) in [6.45, 7) is 2.24. The number of rotatable bonds is 3. The SMILES string of the molecule is CC[C@H]1C2CC(C(=O)O)(P(=O)(O)O)CC2NC[C@@H]1O. The number of fused-ring (bicyclic) bond motifs is 1. The van der Waals surface area contributed by atoms with E-state index < -0.39 is 24.8 Å². The lowest BCUT2D eigenvalue weighted by Gasteiger charge is -2.37. The predicted molar refractivity (Wildman–Crippen MR) is 66.7 cm³/mol. The summed E-state index contributed by atoms with van der Waals surface area (Å²) in [4.78, 5) is 30.3. The van der Waals surface area contributed by atoms with E-state index in [1.54, 1.807) is 0 Å². The second-order valence-electron chi connectivity index (χ2n) is 5.61. The number of hydrogen-bond donors (Lipinski definition) is 5. The van der Waals surface area contributed by atoms with Crippen LogP contribution in [0.1, 0.15) is 26.2 Å². The van der Waals surface area contributed by atoms with Crippen molar-refractivity contribution in [2.24, 2.45) is 11.8 Å². The van der Waals surface area contributed by atoms with Crippen LogP contribution in [0.25, 0.3) is 0 Å². The first-order valence-corrected chi connectivity index (χ1v) is 8.04. The van der Waals surface area contributed by atoms with Gasteiger partial charge in [0, 0.05) is 12.6 Å². The Hall–Kier alpha value is -0.460. The molecule has 2 rings (SSSR count). The van der Waals surface area contributed by atoms with E-state index in [1.807, 2.05) is 6.92 Å². The Labute approximate surface area is 111 Å². The van der Waals surface area contributed by atoms with Crippen LogP contribution in [0.2, 0.25) is 0 Å². The number of piperidine rings is 1. The van der Waals surface area contributed by atoms with Gasteiger partial charge in [-0.2, -0.15) is 0 Å². The lowest BCUT2D eigenvalue weighted by Crippen LogP contribution is -2.51. The Morgan fingerprint density at radius 2 is 2.05 bits per heavy atom. The first-order chi connectivity index (χ1) is 8.73. The summed E-state index contributed by atoms with van der Waals surface area (Å²) in [5.74, 6) is -1.77. The van der Waals surface area contributed by atoms with Crippen LogP contribution in [0.3, 0.4) is 0 Å². The second-order valence-corrected chi connectivity index (χ2v) is 7.55. The van der Waals surface area contributed by atoms with Gasteiger partial charge in [0.25, 0.3) is 0 Å². The van der Waals surface area contributed by atoms with Gasteiger partial charge in [-0.05, 0) is 24.7 Å². The number of carboxylic acid groups (broad SMARTS) is 1. The number of β-amino-alcohol motifs (C(OH)–C–C–N with tert-alkyl or cyclic N) is 1. The van der Waals surface area contributed by atoms with E-state index in [0.717, 1.165) is 0 Å². The number of nitrogens with one attached hydrogen (secondary N) is 1. The van der Waals surface area contributed by atoms with E-state index in [4.69, 9.17) is 0 Å². The van der Waals surface area contributed by atoms with E-state index >= 15 is 0 Å². The molecule has 1 saturated heterocycles. The summed E-state index contributed by atoms with van der Waals surface area (Å²) in [6, 6.07) is -0.253. The topological polar surface area (TPSA) is 127 Å². The van der Waals surface area contributed by atoms with Gasteiger partial charge in [-0.1, -0.05) is 13.3 Å². The lowest BCUT2D eigenvalue weighted by atomic mass is 9.79. The van der Waals surface area contributed by atoms with Crippen LogP contribution >= 0.6 is 7.60 Å². The number of aliphatic hydroxyl groups excluding tert-OH is 1. The van der Waals surface area contributed by atoms with Crippen molar-refractivity contribution in [2.75, 3.05) is 6.54 Å². The van der Waals surface area contributed by atoms with Crippen molar-refractivity contribution in [3.63, 3.8) is 0 Å². The van der Waals surface area contributed by atoms with Gasteiger partial charge < -0.3 is 25.3 Å². The highest BCUT2D eigenvalue weighted by Gasteiger charge is 2.63. The molecule has 1 saturated carbocycles. The maximum absolute atomic E-state index is 11.6. The van der Waals surface area contributed by atoms with Crippen LogP contribution in [0, 0.1) is 11.8 Å². The van der Waals surface area contributed by atoms with E-state index in [1.165, 1.54) is 0 Å². The maximum Gasteiger partial charge on any atom is 0.342 e. The van der Waals surface area contributed by atoms with Crippen molar-refractivity contribution in [1.29, 1.82) is 0 Å². The normalized spacial score (nSPS) is 42.9. The minimum Gasteiger partial charge on any atom is -0.480 e. The Bertz CT molecular complexity index is 423. The zero-order chi connectivity index (χ0) is 14.4. The molecule has 0 aromatic heterocycles. The summed E-state index contributed by atoms with van der Waals surface area (Å²) in [7, 11) is -4.75. The molecule has 1 aliphatic carbocycles. The molecule has 0 amide bonds. The van der Waals surface area contributed by atoms with Gasteiger partial charge in [-0.15, -0.1) is 0 Å². The van der Waals surface area contributed by atoms with Crippen molar-refractivity contribution in [1.82, 2.24) is 5.32 Å². The molecule has 1 heterocycles. The fraction of sp³-hybridized carbons (Fsp3) is 0.909. The van der Waals surface area contributed by atoms with Gasteiger partial charge in [-0.3, -0.25) is 9.36 Å². The molecule has 0 aromatic rings. The van der Waals surface area contributed by atoms with Gasteiger partial charge in [-0.25, -0.2) is 0 Å². The second kappa shape index (κ2) is 4.82. The Balaban J connectivity index is 2.35. The third kappa shape index (κ3) is 2.23. The zero-order valence-electron chi connectivity index (χ0n) is 10.7. The largest absolute Gasteiger partial charge is 0.480 e. The number of aliphatic carboxylic acids is 1. The average molecular weight is 293 g/mol. The first-order valence-electron chi connectivity index (χ1n) is 6.43. The summed E-state index contributed by atoms with van der Waals surface area (Å²) in [5.41, 5.74) is 0. The van der Waals surface area contributed by atoms with E-state index in [0.29, 0.717) is 13.0 Å². The third-order valence-electron chi connectivity index (χ3n) is 4.71. The minimum atomic E-state index is -4.75. The number of carboxylic acids is 1. The molecule has 8 heteroatoms. The Morgan fingerprint density at radius 1 is 1.42 bits per heavy atom. The van der Waals surface area contributed by atoms with E-state index in [2.05, 4.69) is 5.32 Å². The number of aliphatic hydroxyl groups is 1. The van der Waals surface area contributed by atoms with Crippen molar-refractivity contribution in [2.45, 2.75) is 43.5 Å². The third-order valence-corrected chi connectivity index (χ3v) is 6.38. The van der Waals surface area contributed by atoms with Crippen molar-refractivity contribution in [3.05, 3.63) is 0 Å². The number of carbonyl (C=O) groups is 1. The molecule has 0 bridgehead atoms. The van der Waals surface area contributed by atoms with Crippen molar-refractivity contribution >= 4 is 13.6 Å². The molecule has 2 aliphatic rings. The minimum absolute atomic E-state index is 0.0828. The van der Waals surface area contributed by atoms with Crippen LogP contribution in [0.15, 0.2) is 0 Å². The van der Waals surface area contributed by atoms with Gasteiger partial charge in [0.05, 0.1) is 6.10 Å². The molecule has 5 atom stereocenters. The van der Waals surface area contributed by atoms with Crippen LogP contribution in [0.5, 0.6) is 0 Å². The zero-order valence-corrected chi connectivity index (χ0v) is 11.6. The van der Waals surface area contributed by atoms with Gasteiger partial charge >= 0.3 is 13.6 Å². The molecule has 7 nitrogen and oxygen atoms in total. The molecule has 5 N–H and O–H groups in total. The highest BCUT2D eigenvalue weighted by atomic mass is 31.2. The molecule has 19 heavy (non-hydrogen) atoms. The summed E-state index contributed by atoms with van der Waals surface area (Å²) < 4.78 is 11.6. The van der Waals surface area contributed by atoms with E-state index in [9.17, 15) is 29.4 Å². The quantitative estimate of drug-likeness (QED) is 0.454. The molecule has 3 unspecified atom stereocenters. The molecule has 2 fully saturated rings. The molecule has 0 aromatic carbocycles. The predicted octanol–water partition coefficient (Wildman–Crippen LogP) is -0.244. The summed E-state index contributed by atoms with van der Waals surface area (Å²) >= 11 is 0. The van der Waals surface area contributed by atoms with Crippen molar-refractivity contribution < 1.29 is 29.4 Å². The van der Waals surface area contributed by atoms with Crippen LogP contribution < -0.4 is 5.32 Å². The van der Waals surface area contributed by atoms with Crippen LogP contribution in [0.4, 0.5) is 0 Å². The lowest BCUT2D eigenvalue weighted by molar-refractivity contribution is -0.140. The summed E-state index contributed by atoms with van der Waals surface area (Å²) in [6.07, 6.45) is -0.0890. The van der Waals surface area contributed by atoms with Gasteiger partial charge in [0.15, 0.2) is 5.16 Å². The maximum atomic E-state index is 11.6. The highest BCUT2D eigenvalue weighted by Crippen LogP contribution is 2.62. The molecule has 110 valence electrons. The van der Waals surface area contributed by atoms with Gasteiger partial charge in [0.1, 0.15) is 0 Å². The standard InChI is InChI=1S/C11H20NO6P/c1-2-6-7-3-11(10(14)15,19(16,17)18)4-8(7)12-5-9(6)13/h6-9,12-13H,2-5H2,1H3,(H,14,15)(H2,16,17,18)/t6-,7?,8?,9-,11?/m0/s1. The highest BCUT2D eigenvalue weighted by molar-refractivity contribution is 7.54. The molecule has 0 radical (unpaired) electrons. The summed E-state index contributed by atoms with van der Waals surface area (Å²) in [5, 5.41) is 20.2. The monoisotopic (exact) mass is 293 g/mol. The first kappa shape index (κ1) is 14.9. The Morgan fingerprint density at radius 3 is 2.53 bits per heavy atom.